The predicted molar refractivity (Wildman–Crippen MR) is 100 cm³/mol. The van der Waals surface area contributed by atoms with Crippen LogP contribution in [0.1, 0.15) is 47.5 Å². The number of rotatable bonds is 6. The second kappa shape index (κ2) is 6.96. The molecule has 0 radical (unpaired) electrons. The first-order valence-corrected chi connectivity index (χ1v) is 9.28. The number of aromatic nitrogens is 1. The fourth-order valence-electron chi connectivity index (χ4n) is 2.62. The van der Waals surface area contributed by atoms with Gasteiger partial charge in [-0.1, -0.05) is 13.8 Å². The molecule has 0 spiro atoms. The number of nitrogens with one attached hydrogen (secondary N) is 2. The van der Waals surface area contributed by atoms with Gasteiger partial charge in [-0.25, -0.2) is 0 Å². The van der Waals surface area contributed by atoms with Crippen LogP contribution in [-0.4, -0.2) is 23.3 Å². The number of pyridine rings is 1. The summed E-state index contributed by atoms with van der Waals surface area (Å²) in [5.41, 5.74) is 1.82. The average molecular weight is 357 g/mol. The Morgan fingerprint density at radius 3 is 2.60 bits per heavy atom. The van der Waals surface area contributed by atoms with Gasteiger partial charge < -0.3 is 10.6 Å². The van der Waals surface area contributed by atoms with E-state index in [-0.39, 0.29) is 23.1 Å². The molecule has 0 unspecified atom stereocenters. The summed E-state index contributed by atoms with van der Waals surface area (Å²) < 4.78 is 0. The molecule has 0 atom stereocenters. The Bertz CT molecular complexity index is 779. The van der Waals surface area contributed by atoms with E-state index in [9.17, 15) is 9.59 Å². The Hall–Kier alpha value is -2.21. The molecule has 132 valence electrons. The van der Waals surface area contributed by atoms with Crippen LogP contribution < -0.4 is 10.6 Å². The second-order valence-electron chi connectivity index (χ2n) is 7.19. The zero-order valence-electron chi connectivity index (χ0n) is 14.8. The van der Waals surface area contributed by atoms with Crippen LogP contribution in [0, 0.1) is 12.8 Å². The molecule has 2 heterocycles. The fourth-order valence-corrected chi connectivity index (χ4v) is 3.62. The fraction of sp³-hybridized carbons (Fsp3) is 0.421. The number of hydrogen-bond donors (Lipinski definition) is 2. The van der Waals surface area contributed by atoms with Gasteiger partial charge in [-0.15, -0.1) is 11.3 Å². The number of thiophene rings is 1. The van der Waals surface area contributed by atoms with Crippen molar-refractivity contribution in [3.63, 3.8) is 0 Å². The lowest BCUT2D eigenvalue weighted by Gasteiger charge is -2.25. The van der Waals surface area contributed by atoms with Crippen molar-refractivity contribution < 1.29 is 9.59 Å². The van der Waals surface area contributed by atoms with E-state index in [0.29, 0.717) is 11.4 Å². The summed E-state index contributed by atoms with van der Waals surface area (Å²) in [5.74, 6) is 0.115. The van der Waals surface area contributed by atoms with Gasteiger partial charge in [0.25, 0.3) is 5.91 Å². The number of carbonyl (C=O) groups is 2. The van der Waals surface area contributed by atoms with Crippen molar-refractivity contribution in [2.75, 3.05) is 11.9 Å². The number of nitrogens with zero attached hydrogens (tertiary/aromatic N) is 1. The number of carbonyl (C=O) groups excluding carboxylic acids is 2. The molecule has 1 fully saturated rings. The number of anilines is 1. The van der Waals surface area contributed by atoms with Gasteiger partial charge in [0, 0.05) is 30.3 Å². The first kappa shape index (κ1) is 17.6. The molecule has 2 amide bonds. The lowest BCUT2D eigenvalue weighted by atomic mass is 9.85. The van der Waals surface area contributed by atoms with Gasteiger partial charge >= 0.3 is 0 Å². The molecule has 2 N–H and O–H groups in total. The Morgan fingerprint density at radius 1 is 1.28 bits per heavy atom. The molecule has 2 aromatic rings. The molecule has 1 saturated carbocycles. The van der Waals surface area contributed by atoms with Crippen LogP contribution in [0.15, 0.2) is 30.6 Å². The molecule has 0 saturated heterocycles. The van der Waals surface area contributed by atoms with Gasteiger partial charge in [-0.05, 0) is 49.1 Å². The minimum Gasteiger partial charge on any atom is -0.350 e. The topological polar surface area (TPSA) is 71.1 Å². The molecule has 1 aliphatic rings. The molecule has 3 rings (SSSR count). The van der Waals surface area contributed by atoms with Gasteiger partial charge in [0.1, 0.15) is 0 Å². The van der Waals surface area contributed by atoms with Crippen LogP contribution in [0.25, 0.3) is 0 Å². The summed E-state index contributed by atoms with van der Waals surface area (Å²) in [4.78, 5) is 29.1. The minimum atomic E-state index is -0.188. The molecule has 0 aliphatic heterocycles. The maximum absolute atomic E-state index is 12.6. The minimum absolute atomic E-state index is 0.0621. The van der Waals surface area contributed by atoms with Crippen molar-refractivity contribution in [3.8, 4) is 0 Å². The van der Waals surface area contributed by atoms with Crippen molar-refractivity contribution in [3.05, 3.63) is 46.6 Å². The summed E-state index contributed by atoms with van der Waals surface area (Å²) in [6.45, 7) is 6.60. The van der Waals surface area contributed by atoms with Gasteiger partial charge in [-0.2, -0.15) is 0 Å². The molecular weight excluding hydrogens is 334 g/mol. The molecular formula is C19H23N3O2S. The smallest absolute Gasteiger partial charge is 0.261 e. The lowest BCUT2D eigenvalue weighted by Crippen LogP contribution is -2.36. The van der Waals surface area contributed by atoms with Crippen LogP contribution >= 0.6 is 11.3 Å². The third-order valence-corrected chi connectivity index (χ3v) is 5.62. The molecule has 1 aliphatic carbocycles. The maximum atomic E-state index is 12.6. The molecule has 0 bridgehead atoms. The third kappa shape index (κ3) is 4.25. The van der Waals surface area contributed by atoms with Crippen LogP contribution in [0.3, 0.4) is 0 Å². The van der Waals surface area contributed by atoms with Gasteiger partial charge in [-0.3, -0.25) is 14.6 Å². The summed E-state index contributed by atoms with van der Waals surface area (Å²) in [6, 6.07) is 5.80. The Labute approximate surface area is 151 Å². The highest BCUT2D eigenvalue weighted by atomic mass is 32.1. The highest BCUT2D eigenvalue weighted by molar-refractivity contribution is 7.18. The summed E-state index contributed by atoms with van der Waals surface area (Å²) in [7, 11) is 0. The monoisotopic (exact) mass is 357 g/mol. The largest absolute Gasteiger partial charge is 0.350 e. The third-order valence-electron chi connectivity index (χ3n) is 4.47. The molecule has 25 heavy (non-hydrogen) atoms. The average Bonchev–Trinajstić information content (AvgIpc) is 3.38. The predicted octanol–water partition coefficient (Wildman–Crippen LogP) is 3.51. The van der Waals surface area contributed by atoms with E-state index in [1.54, 1.807) is 12.4 Å². The Morgan fingerprint density at radius 2 is 1.96 bits per heavy atom. The van der Waals surface area contributed by atoms with E-state index >= 15 is 0 Å². The highest BCUT2D eigenvalue weighted by Gasteiger charge is 2.30. The molecule has 2 aromatic heterocycles. The standard InChI is InChI=1S/C19H23N3O2S/c1-12-10-15(22-17(23)13-4-5-13)25-16(12)18(24)21-11-19(2,3)14-6-8-20-9-7-14/h6-10,13H,4-5,11H2,1-3H3,(H,21,24)(H,22,23). The van der Waals surface area contributed by atoms with Gasteiger partial charge in [0.2, 0.25) is 5.91 Å². The second-order valence-corrected chi connectivity index (χ2v) is 8.24. The number of amides is 2. The molecule has 0 aromatic carbocycles. The normalized spacial score (nSPS) is 14.2. The van der Waals surface area contributed by atoms with Gasteiger partial charge in [0.05, 0.1) is 9.88 Å². The summed E-state index contributed by atoms with van der Waals surface area (Å²) >= 11 is 1.33. The van der Waals surface area contributed by atoms with Crippen LogP contribution in [0.5, 0.6) is 0 Å². The van der Waals surface area contributed by atoms with Crippen LogP contribution in [0.4, 0.5) is 5.00 Å². The van der Waals surface area contributed by atoms with Crippen LogP contribution in [0.2, 0.25) is 0 Å². The van der Waals surface area contributed by atoms with E-state index in [4.69, 9.17) is 0 Å². The van der Waals surface area contributed by atoms with Crippen LogP contribution in [-0.2, 0) is 10.2 Å². The van der Waals surface area contributed by atoms with E-state index in [2.05, 4.69) is 29.5 Å². The summed E-state index contributed by atoms with van der Waals surface area (Å²) in [5, 5.41) is 6.67. The quantitative estimate of drug-likeness (QED) is 0.831. The van der Waals surface area contributed by atoms with Crippen molar-refractivity contribution >= 4 is 28.2 Å². The SMILES string of the molecule is Cc1cc(NC(=O)C2CC2)sc1C(=O)NCC(C)(C)c1ccncc1. The van der Waals surface area contributed by atoms with Crippen molar-refractivity contribution in [2.45, 2.75) is 39.0 Å². The van der Waals surface area contributed by atoms with E-state index in [1.807, 2.05) is 25.1 Å². The summed E-state index contributed by atoms with van der Waals surface area (Å²) in [6.07, 6.45) is 5.45. The Kier molecular flexibility index (Phi) is 4.90. The number of hydrogen-bond acceptors (Lipinski definition) is 4. The highest BCUT2D eigenvalue weighted by Crippen LogP contribution is 2.33. The lowest BCUT2D eigenvalue weighted by molar-refractivity contribution is -0.117. The Balaban J connectivity index is 1.63. The van der Waals surface area contributed by atoms with E-state index in [0.717, 1.165) is 29.0 Å². The first-order valence-electron chi connectivity index (χ1n) is 8.47. The first-order chi connectivity index (χ1) is 11.9. The van der Waals surface area contributed by atoms with E-state index in [1.165, 1.54) is 11.3 Å². The molecule has 5 nitrogen and oxygen atoms in total. The van der Waals surface area contributed by atoms with E-state index < -0.39 is 0 Å². The van der Waals surface area contributed by atoms with Crippen molar-refractivity contribution in [1.29, 1.82) is 0 Å². The number of aryl methyl sites for hydroxylation is 1. The van der Waals surface area contributed by atoms with Gasteiger partial charge in [0.15, 0.2) is 0 Å². The van der Waals surface area contributed by atoms with Crippen molar-refractivity contribution in [1.82, 2.24) is 10.3 Å². The zero-order chi connectivity index (χ0) is 18.0. The maximum Gasteiger partial charge on any atom is 0.261 e. The molecule has 6 heteroatoms. The van der Waals surface area contributed by atoms with Crippen molar-refractivity contribution in [2.24, 2.45) is 5.92 Å². The zero-order valence-corrected chi connectivity index (χ0v) is 15.6.